The predicted molar refractivity (Wildman–Crippen MR) is 134 cm³/mol. The topological polar surface area (TPSA) is 20.3 Å². The Labute approximate surface area is 196 Å². The van der Waals surface area contributed by atoms with Crippen LogP contribution in [-0.4, -0.2) is 17.3 Å². The van der Waals surface area contributed by atoms with Crippen molar-refractivity contribution in [2.45, 2.75) is 46.1 Å². The summed E-state index contributed by atoms with van der Waals surface area (Å²) < 4.78 is 16.9. The molecule has 2 fully saturated rings. The highest BCUT2D eigenvalue weighted by molar-refractivity contribution is 7.68. The first-order valence-electron chi connectivity index (χ1n) is 10.8. The van der Waals surface area contributed by atoms with E-state index in [0.29, 0.717) is 10.1 Å². The lowest BCUT2D eigenvalue weighted by Crippen LogP contribution is -2.33. The number of benzene rings is 2. The van der Waals surface area contributed by atoms with Gasteiger partial charge in [-0.15, -0.1) is 0 Å². The van der Waals surface area contributed by atoms with Crippen LogP contribution < -0.4 is 0 Å². The zero-order valence-corrected chi connectivity index (χ0v) is 20.8. The first-order chi connectivity index (χ1) is 14.6. The van der Waals surface area contributed by atoms with E-state index in [1.807, 2.05) is 60.7 Å². The molecular weight excluding hydrogens is 444 g/mol. The van der Waals surface area contributed by atoms with Crippen molar-refractivity contribution in [3.8, 4) is 0 Å². The molecule has 1 saturated carbocycles. The zero-order chi connectivity index (χ0) is 22.3. The average Bonchev–Trinajstić information content (AvgIpc) is 2.98. The minimum Gasteiger partial charge on any atom is -0.297 e. The molecule has 2 nitrogen and oxygen atoms in total. The molecule has 2 aromatic rings. The third-order valence-electron chi connectivity index (χ3n) is 6.48. The van der Waals surface area contributed by atoms with Gasteiger partial charge in [-0.25, -0.2) is 4.67 Å². The quantitative estimate of drug-likeness (QED) is 0.404. The van der Waals surface area contributed by atoms with Gasteiger partial charge >= 0.3 is 0 Å². The number of nitrogens with zero attached hydrogens (tertiary/aromatic N) is 1. The smallest absolute Gasteiger partial charge is 0.196 e. The minimum atomic E-state index is -3.13. The summed E-state index contributed by atoms with van der Waals surface area (Å²) in [6.07, 6.45) is 3.23. The molecule has 2 aromatic carbocycles. The van der Waals surface area contributed by atoms with Gasteiger partial charge in [0.25, 0.3) is 0 Å². The molecule has 1 saturated heterocycles. The summed E-state index contributed by atoms with van der Waals surface area (Å²) in [7, 11) is -3.13. The molecule has 0 radical (unpaired) electrons. The number of halogens is 2. The molecular formula is C26H30Cl2NOP. The summed E-state index contributed by atoms with van der Waals surface area (Å²) in [5.74, 6) is 3.51. The molecule has 0 aromatic heterocycles. The highest BCUT2D eigenvalue weighted by Gasteiger charge is 2.53. The van der Waals surface area contributed by atoms with Crippen molar-refractivity contribution in [3.05, 3.63) is 83.4 Å². The van der Waals surface area contributed by atoms with Gasteiger partial charge in [0.2, 0.25) is 0 Å². The molecule has 1 aliphatic heterocycles. The number of rotatable bonds is 5. The third-order valence-corrected chi connectivity index (χ3v) is 9.97. The van der Waals surface area contributed by atoms with Gasteiger partial charge < -0.3 is 0 Å². The lowest BCUT2D eigenvalue weighted by molar-refractivity contribution is 0.133. The second kappa shape index (κ2) is 8.56. The van der Waals surface area contributed by atoms with Gasteiger partial charge in [-0.05, 0) is 41.2 Å². The molecule has 2 aliphatic rings. The molecule has 164 valence electrons. The molecule has 5 heteroatoms. The van der Waals surface area contributed by atoms with Crippen molar-refractivity contribution in [1.82, 2.24) is 4.67 Å². The number of hydrogen-bond donors (Lipinski definition) is 0. The summed E-state index contributed by atoms with van der Waals surface area (Å²) in [5.41, 5.74) is 2.11. The second-order valence-corrected chi connectivity index (χ2v) is 13.4. The first-order valence-corrected chi connectivity index (χ1v) is 13.4. The monoisotopic (exact) mass is 473 g/mol. The van der Waals surface area contributed by atoms with Crippen LogP contribution in [0.2, 0.25) is 0 Å². The normalized spacial score (nSPS) is 28.4. The molecule has 31 heavy (non-hydrogen) atoms. The van der Waals surface area contributed by atoms with Crippen LogP contribution >= 0.6 is 30.5 Å². The van der Waals surface area contributed by atoms with E-state index in [0.717, 1.165) is 36.9 Å². The Bertz CT molecular complexity index is 988. The maximum atomic E-state index is 14.7. The van der Waals surface area contributed by atoms with Crippen LogP contribution in [0.5, 0.6) is 0 Å². The zero-order valence-electron chi connectivity index (χ0n) is 18.4. The lowest BCUT2D eigenvalue weighted by Gasteiger charge is -2.40. The Hall–Kier alpha value is -1.31. The van der Waals surface area contributed by atoms with Crippen LogP contribution in [-0.2, 0) is 4.57 Å². The van der Waals surface area contributed by atoms with E-state index >= 15 is 0 Å². The van der Waals surface area contributed by atoms with Crippen molar-refractivity contribution in [1.29, 1.82) is 0 Å². The molecule has 1 aliphatic carbocycles. The van der Waals surface area contributed by atoms with Gasteiger partial charge in [0.1, 0.15) is 0 Å². The van der Waals surface area contributed by atoms with Crippen LogP contribution in [0.15, 0.2) is 72.3 Å². The van der Waals surface area contributed by atoms with Crippen molar-refractivity contribution in [3.63, 3.8) is 0 Å². The highest BCUT2D eigenvalue weighted by atomic mass is 35.5. The van der Waals surface area contributed by atoms with E-state index < -0.39 is 7.29 Å². The first kappa shape index (κ1) is 22.9. The van der Waals surface area contributed by atoms with Gasteiger partial charge in [-0.2, -0.15) is 0 Å². The molecule has 1 unspecified atom stereocenters. The Morgan fingerprint density at radius 2 is 1.39 bits per heavy atom. The average molecular weight is 474 g/mol. The van der Waals surface area contributed by atoms with Gasteiger partial charge in [0, 0.05) is 24.2 Å². The Morgan fingerprint density at radius 1 is 0.903 bits per heavy atom. The maximum absolute atomic E-state index is 14.7. The molecule has 0 N–H and O–H groups in total. The molecule has 3 atom stereocenters. The fourth-order valence-corrected chi connectivity index (χ4v) is 9.30. The van der Waals surface area contributed by atoms with Crippen LogP contribution in [0, 0.1) is 10.8 Å². The number of fused-ring (bicyclic) bond motifs is 2. The van der Waals surface area contributed by atoms with Crippen molar-refractivity contribution in [2.24, 2.45) is 10.8 Å². The summed E-state index contributed by atoms with van der Waals surface area (Å²) >= 11 is 13.4. The second-order valence-electron chi connectivity index (χ2n) is 10.2. The molecule has 0 spiro atoms. The molecule has 0 amide bonds. The standard InChI is InChI=1S/C26H30Cl2NOP/c1-25(2)14-22-15-26(3,18-25)19-29(22)31(30,16-23(27)20-10-6-4-7-11-20)17-24(28)21-12-8-5-9-13-21/h4-13,16-17,22H,14-15,18-19H2,1-3H3/b23-16-,24-17+/t22-,26+,31?/m0/s1. The van der Waals surface area contributed by atoms with E-state index in [4.69, 9.17) is 23.2 Å². The molecule has 4 rings (SSSR count). The Balaban J connectivity index is 1.79. The van der Waals surface area contributed by atoms with Crippen molar-refractivity contribution in [2.75, 3.05) is 6.54 Å². The Kier molecular flexibility index (Phi) is 6.32. The number of hydrogen-bond acceptors (Lipinski definition) is 1. The summed E-state index contributed by atoms with van der Waals surface area (Å²) in [4.78, 5) is 0. The van der Waals surface area contributed by atoms with E-state index in [1.54, 1.807) is 11.6 Å². The van der Waals surface area contributed by atoms with Crippen molar-refractivity contribution >= 4 is 40.6 Å². The SMILES string of the molecule is CC1(C)C[C@H]2C[C@@](C)(CN2P(=O)(/C=C(\Cl)c2ccccc2)/C=C(/Cl)c2ccccc2)C1. The molecule has 1 heterocycles. The predicted octanol–water partition coefficient (Wildman–Crippen LogP) is 8.64. The fourth-order valence-electron chi connectivity index (χ4n) is 5.65. The lowest BCUT2D eigenvalue weighted by atomic mass is 9.65. The van der Waals surface area contributed by atoms with Gasteiger partial charge in [0.15, 0.2) is 7.29 Å². The molecule has 2 bridgehead atoms. The third kappa shape index (κ3) is 5.04. The minimum absolute atomic E-state index is 0.155. The van der Waals surface area contributed by atoms with Gasteiger partial charge in [-0.3, -0.25) is 4.57 Å². The summed E-state index contributed by atoms with van der Waals surface area (Å²) in [6, 6.07) is 19.7. The fraction of sp³-hybridized carbons (Fsp3) is 0.385. The maximum Gasteiger partial charge on any atom is 0.196 e. The van der Waals surface area contributed by atoms with E-state index in [-0.39, 0.29) is 16.9 Å². The van der Waals surface area contributed by atoms with E-state index in [2.05, 4.69) is 25.4 Å². The summed E-state index contributed by atoms with van der Waals surface area (Å²) in [6.45, 7) is 7.77. The van der Waals surface area contributed by atoms with Crippen molar-refractivity contribution < 1.29 is 4.57 Å². The van der Waals surface area contributed by atoms with Gasteiger partial charge in [-0.1, -0.05) is 105 Å². The van der Waals surface area contributed by atoms with Crippen LogP contribution in [0.25, 0.3) is 10.1 Å². The van der Waals surface area contributed by atoms with E-state index in [9.17, 15) is 4.57 Å². The van der Waals surface area contributed by atoms with Gasteiger partial charge in [0.05, 0.1) is 10.1 Å². The Morgan fingerprint density at radius 3 is 1.87 bits per heavy atom. The highest BCUT2D eigenvalue weighted by Crippen LogP contribution is 2.65. The summed E-state index contributed by atoms with van der Waals surface area (Å²) in [5, 5.41) is 1.01. The largest absolute Gasteiger partial charge is 0.297 e. The van der Waals surface area contributed by atoms with Crippen LogP contribution in [0.4, 0.5) is 0 Å². The van der Waals surface area contributed by atoms with Crippen LogP contribution in [0.3, 0.4) is 0 Å². The van der Waals surface area contributed by atoms with Crippen LogP contribution in [0.1, 0.15) is 51.2 Å². The van der Waals surface area contributed by atoms with E-state index in [1.165, 1.54) is 0 Å².